The fourth-order valence-electron chi connectivity index (χ4n) is 0.836. The summed E-state index contributed by atoms with van der Waals surface area (Å²) in [5.41, 5.74) is -0.767. The molecule has 66 valence electrons. The summed E-state index contributed by atoms with van der Waals surface area (Å²) in [6.45, 7) is 3.73. The Morgan fingerprint density at radius 1 is 1.75 bits per heavy atom. The van der Waals surface area contributed by atoms with Crippen LogP contribution in [0.2, 0.25) is 0 Å². The molecule has 0 aromatic carbocycles. The Morgan fingerprint density at radius 2 is 2.42 bits per heavy atom. The van der Waals surface area contributed by atoms with Crippen molar-refractivity contribution in [3.8, 4) is 0 Å². The average Bonchev–Trinajstić information content (AvgIpc) is 2.38. The lowest BCUT2D eigenvalue weighted by Gasteiger charge is -2.14. The molecule has 5 nitrogen and oxygen atoms in total. The normalized spacial score (nSPS) is 11.5. The minimum Gasteiger partial charge on any atom is -0.481 e. The van der Waals surface area contributed by atoms with Gasteiger partial charge in [-0.3, -0.25) is 4.79 Å². The van der Waals surface area contributed by atoms with Crippen molar-refractivity contribution in [2.24, 2.45) is 5.41 Å². The van der Waals surface area contributed by atoms with Gasteiger partial charge < -0.3 is 5.11 Å². The maximum absolute atomic E-state index is 10.7. The molecule has 12 heavy (non-hydrogen) atoms. The van der Waals surface area contributed by atoms with Crippen molar-refractivity contribution in [1.29, 1.82) is 0 Å². The Bertz CT molecular complexity index is 266. The molecule has 0 spiro atoms. The van der Waals surface area contributed by atoms with E-state index >= 15 is 0 Å². The predicted molar refractivity (Wildman–Crippen MR) is 40.2 cm³/mol. The van der Waals surface area contributed by atoms with Crippen molar-refractivity contribution in [3.05, 3.63) is 12.4 Å². The van der Waals surface area contributed by atoms with E-state index in [1.807, 2.05) is 0 Å². The Hall–Kier alpha value is -1.39. The molecule has 1 aromatic rings. The molecule has 2 N–H and O–H groups in total. The number of aromatic nitrogens is 3. The quantitative estimate of drug-likeness (QED) is 0.617. The van der Waals surface area contributed by atoms with E-state index in [9.17, 15) is 4.79 Å². The molecule has 0 atom stereocenters. The van der Waals surface area contributed by atoms with Crippen LogP contribution in [0, 0.1) is 5.41 Å². The third-order valence-electron chi connectivity index (χ3n) is 1.65. The number of hydrogen-bond donors (Lipinski definition) is 2. The topological polar surface area (TPSA) is 69.9 Å². The van der Waals surface area contributed by atoms with Gasteiger partial charge in [0.1, 0.15) is 12.0 Å². The van der Waals surface area contributed by atoms with Gasteiger partial charge >= 0.3 is 5.97 Å². The first kappa shape index (κ1) is 8.70. The Morgan fingerprint density at radius 3 is 2.83 bits per heavy atom. The standard InChI is InChI=1S/C7H11N3O2/c1-7(2,6(11)12)5-10-4-3-8-9-10/h3-4H,5H2,1-2H3,(H,11,12)/p+1. The van der Waals surface area contributed by atoms with E-state index in [2.05, 4.69) is 10.3 Å². The van der Waals surface area contributed by atoms with E-state index in [0.717, 1.165) is 0 Å². The Labute approximate surface area is 70.0 Å². The van der Waals surface area contributed by atoms with Crippen LogP contribution in [0.1, 0.15) is 13.8 Å². The van der Waals surface area contributed by atoms with E-state index in [-0.39, 0.29) is 0 Å². The van der Waals surface area contributed by atoms with E-state index in [0.29, 0.717) is 6.54 Å². The molecule has 1 rings (SSSR count). The van der Waals surface area contributed by atoms with Crippen LogP contribution in [0.4, 0.5) is 0 Å². The zero-order valence-electron chi connectivity index (χ0n) is 7.11. The molecule has 5 heteroatoms. The van der Waals surface area contributed by atoms with Crippen LogP contribution >= 0.6 is 0 Å². The summed E-state index contributed by atoms with van der Waals surface area (Å²) in [4.78, 5) is 10.7. The smallest absolute Gasteiger partial charge is 0.313 e. The number of carboxylic acid groups (broad SMARTS) is 1. The lowest BCUT2D eigenvalue weighted by atomic mass is 9.94. The molecule has 0 radical (unpaired) electrons. The average molecular weight is 170 g/mol. The van der Waals surface area contributed by atoms with Crippen molar-refractivity contribution in [3.63, 3.8) is 0 Å². The SMILES string of the molecule is CC(C)(C[n+]1ccn[nH]1)C(=O)O. The molecule has 1 heterocycles. The van der Waals surface area contributed by atoms with Crippen molar-refractivity contribution in [2.75, 3.05) is 0 Å². The van der Waals surface area contributed by atoms with Crippen LogP contribution in [0.15, 0.2) is 12.4 Å². The van der Waals surface area contributed by atoms with E-state index < -0.39 is 11.4 Å². The number of nitrogens with one attached hydrogen (secondary N) is 1. The highest BCUT2D eigenvalue weighted by Crippen LogP contribution is 2.14. The van der Waals surface area contributed by atoms with Gasteiger partial charge in [-0.15, -0.1) is 0 Å². The molecule has 0 saturated heterocycles. The van der Waals surface area contributed by atoms with E-state index in [4.69, 9.17) is 5.11 Å². The van der Waals surface area contributed by atoms with Crippen LogP contribution in [-0.2, 0) is 11.3 Å². The molecule has 0 bridgehead atoms. The third kappa shape index (κ3) is 1.81. The predicted octanol–water partition coefficient (Wildman–Crippen LogP) is -0.192. The zero-order valence-corrected chi connectivity index (χ0v) is 7.11. The number of aromatic amines is 1. The number of hydrogen-bond acceptors (Lipinski definition) is 2. The van der Waals surface area contributed by atoms with Crippen LogP contribution < -0.4 is 4.68 Å². The molecule has 0 amide bonds. The summed E-state index contributed by atoms with van der Waals surface area (Å²) in [7, 11) is 0. The Kier molecular flexibility index (Phi) is 2.12. The summed E-state index contributed by atoms with van der Waals surface area (Å²) in [5.74, 6) is -0.815. The Balaban J connectivity index is 2.69. The van der Waals surface area contributed by atoms with E-state index in [1.54, 1.807) is 30.9 Å². The summed E-state index contributed by atoms with van der Waals surface area (Å²) >= 11 is 0. The maximum Gasteiger partial charge on any atom is 0.313 e. The highest BCUT2D eigenvalue weighted by molar-refractivity contribution is 5.73. The first-order chi connectivity index (χ1) is 5.52. The number of aliphatic carboxylic acids is 1. The molecular formula is C7H12N3O2+. The second-order valence-corrected chi connectivity index (χ2v) is 3.34. The fraction of sp³-hybridized carbons (Fsp3) is 0.571. The lowest BCUT2D eigenvalue weighted by molar-refractivity contribution is -0.761. The number of nitrogens with zero attached hydrogens (tertiary/aromatic N) is 2. The fourth-order valence-corrected chi connectivity index (χ4v) is 0.836. The van der Waals surface area contributed by atoms with Gasteiger partial charge in [0.2, 0.25) is 6.20 Å². The molecule has 0 saturated carbocycles. The van der Waals surface area contributed by atoms with Gasteiger partial charge in [-0.25, -0.2) is 0 Å². The van der Waals surface area contributed by atoms with Gasteiger partial charge in [-0.2, -0.15) is 4.68 Å². The van der Waals surface area contributed by atoms with Crippen LogP contribution in [0.25, 0.3) is 0 Å². The first-order valence-electron chi connectivity index (χ1n) is 3.64. The molecule has 1 aromatic heterocycles. The molecule has 0 fully saturated rings. The van der Waals surface area contributed by atoms with Gasteiger partial charge in [-0.1, -0.05) is 5.21 Å². The highest BCUT2D eigenvalue weighted by atomic mass is 16.4. The molecule has 0 aliphatic heterocycles. The molecule has 0 aliphatic rings. The van der Waals surface area contributed by atoms with Crippen LogP contribution in [-0.4, -0.2) is 21.4 Å². The minimum absolute atomic E-state index is 0.391. The van der Waals surface area contributed by atoms with Gasteiger partial charge in [0.15, 0.2) is 6.20 Å². The van der Waals surface area contributed by atoms with Crippen molar-refractivity contribution >= 4 is 5.97 Å². The van der Waals surface area contributed by atoms with Crippen molar-refractivity contribution in [2.45, 2.75) is 20.4 Å². The third-order valence-corrected chi connectivity index (χ3v) is 1.65. The molecule has 0 aliphatic carbocycles. The van der Waals surface area contributed by atoms with Crippen LogP contribution in [0.5, 0.6) is 0 Å². The van der Waals surface area contributed by atoms with Gasteiger partial charge in [0, 0.05) is 5.10 Å². The van der Waals surface area contributed by atoms with E-state index in [1.165, 1.54) is 0 Å². The summed E-state index contributed by atoms with van der Waals surface area (Å²) in [6.07, 6.45) is 3.28. The summed E-state index contributed by atoms with van der Waals surface area (Å²) in [6, 6.07) is 0. The first-order valence-corrected chi connectivity index (χ1v) is 3.64. The summed E-state index contributed by atoms with van der Waals surface area (Å²) < 4.78 is 1.63. The maximum atomic E-state index is 10.7. The second kappa shape index (κ2) is 2.92. The lowest BCUT2D eigenvalue weighted by Crippen LogP contribution is -2.45. The molecular weight excluding hydrogens is 158 g/mol. The minimum atomic E-state index is -0.815. The monoisotopic (exact) mass is 170 g/mol. The van der Waals surface area contributed by atoms with Gasteiger partial charge in [0.25, 0.3) is 0 Å². The van der Waals surface area contributed by atoms with Crippen LogP contribution in [0.3, 0.4) is 0 Å². The summed E-state index contributed by atoms with van der Waals surface area (Å²) in [5, 5.41) is 15.2. The number of carbonyl (C=O) groups is 1. The second-order valence-electron chi connectivity index (χ2n) is 3.34. The number of rotatable bonds is 3. The zero-order chi connectivity index (χ0) is 9.19. The van der Waals surface area contributed by atoms with Crippen molar-refractivity contribution in [1.82, 2.24) is 10.3 Å². The molecule has 0 unspecified atom stereocenters. The highest BCUT2D eigenvalue weighted by Gasteiger charge is 2.30. The largest absolute Gasteiger partial charge is 0.481 e. The number of H-pyrrole nitrogens is 1. The van der Waals surface area contributed by atoms with Gasteiger partial charge in [-0.05, 0) is 13.8 Å². The van der Waals surface area contributed by atoms with Gasteiger partial charge in [0.05, 0.1) is 0 Å². The van der Waals surface area contributed by atoms with Crippen molar-refractivity contribution < 1.29 is 14.6 Å². The number of carboxylic acids is 1.